The Labute approximate surface area is 162 Å². The van der Waals surface area contributed by atoms with Crippen molar-refractivity contribution in [1.29, 1.82) is 0 Å². The molecule has 3 heteroatoms. The number of carbonyl (C=O) groups is 1. The molecular weight excluding hydrogens is 350 g/mol. The maximum atomic E-state index is 12.7. The lowest BCUT2D eigenvalue weighted by Gasteiger charge is -2.02. The topological polar surface area (TPSA) is 30.0 Å². The van der Waals surface area contributed by atoms with E-state index in [0.29, 0.717) is 5.01 Å². The van der Waals surface area contributed by atoms with Gasteiger partial charge in [0.2, 0.25) is 5.78 Å². The number of hydrogen-bond donors (Lipinski definition) is 0. The van der Waals surface area contributed by atoms with E-state index in [1.807, 2.05) is 97.1 Å². The number of ketones is 1. The van der Waals surface area contributed by atoms with Gasteiger partial charge in [-0.15, -0.1) is 11.3 Å². The van der Waals surface area contributed by atoms with E-state index >= 15 is 0 Å². The molecule has 1 aromatic heterocycles. The molecule has 0 spiro atoms. The van der Waals surface area contributed by atoms with Gasteiger partial charge in [0.05, 0.1) is 10.6 Å². The fourth-order valence-corrected chi connectivity index (χ4v) is 3.82. The molecule has 0 fully saturated rings. The second-order valence-electron chi connectivity index (χ2n) is 6.04. The number of thiazole rings is 1. The summed E-state index contributed by atoms with van der Waals surface area (Å²) in [6, 6.07) is 29.9. The van der Waals surface area contributed by atoms with Gasteiger partial charge in [-0.25, -0.2) is 4.98 Å². The molecule has 4 rings (SSSR count). The number of aromatic nitrogens is 1. The zero-order chi connectivity index (χ0) is 18.5. The number of hydrogen-bond acceptors (Lipinski definition) is 3. The van der Waals surface area contributed by atoms with E-state index in [9.17, 15) is 4.79 Å². The smallest absolute Gasteiger partial charge is 0.214 e. The van der Waals surface area contributed by atoms with Gasteiger partial charge in [-0.3, -0.25) is 4.79 Å². The fourth-order valence-electron chi connectivity index (χ4n) is 2.81. The maximum Gasteiger partial charge on any atom is 0.214 e. The van der Waals surface area contributed by atoms with E-state index in [-0.39, 0.29) is 5.78 Å². The van der Waals surface area contributed by atoms with Crippen LogP contribution in [0, 0.1) is 0 Å². The summed E-state index contributed by atoms with van der Waals surface area (Å²) in [6.07, 6.45) is 3.42. The summed E-state index contributed by atoms with van der Waals surface area (Å²) in [7, 11) is 0. The molecule has 0 atom stereocenters. The van der Waals surface area contributed by atoms with Crippen molar-refractivity contribution in [3.8, 4) is 21.7 Å². The highest BCUT2D eigenvalue weighted by atomic mass is 32.1. The molecule has 0 radical (unpaired) electrons. The lowest BCUT2D eigenvalue weighted by atomic mass is 10.1. The van der Waals surface area contributed by atoms with Gasteiger partial charge >= 0.3 is 0 Å². The van der Waals surface area contributed by atoms with Crippen molar-refractivity contribution in [3.05, 3.63) is 108 Å². The predicted molar refractivity (Wildman–Crippen MR) is 113 cm³/mol. The first-order valence-corrected chi connectivity index (χ1v) is 9.52. The summed E-state index contributed by atoms with van der Waals surface area (Å²) in [5.41, 5.74) is 3.93. The summed E-state index contributed by atoms with van der Waals surface area (Å²) in [5.74, 6) is -0.0804. The Kier molecular flexibility index (Phi) is 5.04. The molecule has 0 N–H and O–H groups in total. The normalized spacial score (nSPS) is 11.0. The SMILES string of the molecule is O=C(C=Cc1ccccc1)c1nc(-c2ccccc2)c(-c2ccccc2)s1. The van der Waals surface area contributed by atoms with E-state index in [1.54, 1.807) is 6.08 Å². The Morgan fingerprint density at radius 1 is 0.741 bits per heavy atom. The van der Waals surface area contributed by atoms with Gasteiger partial charge in [0.25, 0.3) is 0 Å². The molecule has 4 aromatic rings. The van der Waals surface area contributed by atoms with Crippen molar-refractivity contribution >= 4 is 23.2 Å². The van der Waals surface area contributed by atoms with Gasteiger partial charge in [0, 0.05) is 5.56 Å². The molecule has 130 valence electrons. The van der Waals surface area contributed by atoms with E-state index < -0.39 is 0 Å². The number of nitrogens with zero attached hydrogens (tertiary/aromatic N) is 1. The third-order valence-electron chi connectivity index (χ3n) is 4.15. The lowest BCUT2D eigenvalue weighted by Crippen LogP contribution is -1.93. The molecule has 0 saturated heterocycles. The molecule has 0 aliphatic rings. The molecular formula is C24H17NOS. The van der Waals surface area contributed by atoms with Crippen LogP contribution in [0.5, 0.6) is 0 Å². The van der Waals surface area contributed by atoms with E-state index in [1.165, 1.54) is 11.3 Å². The van der Waals surface area contributed by atoms with Crippen molar-refractivity contribution in [3.63, 3.8) is 0 Å². The van der Waals surface area contributed by atoms with Crippen LogP contribution in [0.1, 0.15) is 15.4 Å². The van der Waals surface area contributed by atoms with Crippen molar-refractivity contribution in [1.82, 2.24) is 4.98 Å². The summed E-state index contributed by atoms with van der Waals surface area (Å²) in [6.45, 7) is 0. The first-order valence-electron chi connectivity index (χ1n) is 8.70. The standard InChI is InChI=1S/C24H17NOS/c26-21(17-16-18-10-4-1-5-11-18)24-25-22(19-12-6-2-7-13-19)23(27-24)20-14-8-3-9-15-20/h1-17H. The maximum absolute atomic E-state index is 12.7. The first kappa shape index (κ1) is 17.1. The van der Waals surface area contributed by atoms with Crippen molar-refractivity contribution in [2.45, 2.75) is 0 Å². The molecule has 0 aliphatic carbocycles. The third kappa shape index (κ3) is 3.94. The number of rotatable bonds is 5. The van der Waals surface area contributed by atoms with Crippen LogP contribution in [0.2, 0.25) is 0 Å². The number of allylic oxidation sites excluding steroid dienone is 1. The van der Waals surface area contributed by atoms with Crippen LogP contribution in [0.3, 0.4) is 0 Å². The van der Waals surface area contributed by atoms with Crippen LogP contribution >= 0.6 is 11.3 Å². The van der Waals surface area contributed by atoms with Crippen molar-refractivity contribution in [2.75, 3.05) is 0 Å². The highest BCUT2D eigenvalue weighted by molar-refractivity contribution is 7.17. The molecule has 0 aliphatic heterocycles. The molecule has 0 unspecified atom stereocenters. The predicted octanol–water partition coefficient (Wildman–Crippen LogP) is 6.37. The second-order valence-corrected chi connectivity index (χ2v) is 7.04. The van der Waals surface area contributed by atoms with Gasteiger partial charge in [-0.1, -0.05) is 97.1 Å². The lowest BCUT2D eigenvalue weighted by molar-refractivity contribution is 0.104. The minimum atomic E-state index is -0.0804. The zero-order valence-electron chi connectivity index (χ0n) is 14.6. The quantitative estimate of drug-likeness (QED) is 0.303. The highest BCUT2D eigenvalue weighted by Gasteiger charge is 2.17. The molecule has 0 bridgehead atoms. The van der Waals surface area contributed by atoms with Crippen LogP contribution in [-0.4, -0.2) is 10.8 Å². The third-order valence-corrected chi connectivity index (χ3v) is 5.27. The van der Waals surface area contributed by atoms with Gasteiger partial charge < -0.3 is 0 Å². The molecule has 1 heterocycles. The first-order chi connectivity index (χ1) is 13.3. The zero-order valence-corrected chi connectivity index (χ0v) is 15.4. The Bertz CT molecular complexity index is 1010. The van der Waals surface area contributed by atoms with Crippen LogP contribution in [0.25, 0.3) is 27.8 Å². The van der Waals surface area contributed by atoms with Gasteiger partial charge in [-0.05, 0) is 17.2 Å². The molecule has 2 nitrogen and oxygen atoms in total. The highest BCUT2D eigenvalue weighted by Crippen LogP contribution is 2.37. The van der Waals surface area contributed by atoms with Crippen LogP contribution in [-0.2, 0) is 0 Å². The Morgan fingerprint density at radius 2 is 1.30 bits per heavy atom. The van der Waals surface area contributed by atoms with Gasteiger partial charge in [-0.2, -0.15) is 0 Å². The van der Waals surface area contributed by atoms with Gasteiger partial charge in [0.15, 0.2) is 5.01 Å². The average molecular weight is 367 g/mol. The molecule has 3 aromatic carbocycles. The number of benzene rings is 3. The van der Waals surface area contributed by atoms with Crippen molar-refractivity contribution < 1.29 is 4.79 Å². The monoisotopic (exact) mass is 367 g/mol. The Hall–Kier alpha value is -3.30. The van der Waals surface area contributed by atoms with Crippen LogP contribution < -0.4 is 0 Å². The number of carbonyl (C=O) groups excluding carboxylic acids is 1. The average Bonchev–Trinajstić information content (AvgIpc) is 3.20. The Balaban J connectivity index is 1.73. The van der Waals surface area contributed by atoms with Crippen LogP contribution in [0.15, 0.2) is 97.1 Å². The van der Waals surface area contributed by atoms with E-state index in [2.05, 4.69) is 4.98 Å². The van der Waals surface area contributed by atoms with Gasteiger partial charge in [0.1, 0.15) is 0 Å². The molecule has 0 amide bonds. The second kappa shape index (κ2) is 7.94. The molecule has 0 saturated carbocycles. The van der Waals surface area contributed by atoms with Crippen molar-refractivity contribution in [2.24, 2.45) is 0 Å². The fraction of sp³-hybridized carbons (Fsp3) is 0. The minimum Gasteiger partial charge on any atom is -0.287 e. The summed E-state index contributed by atoms with van der Waals surface area (Å²) < 4.78 is 0. The summed E-state index contributed by atoms with van der Waals surface area (Å²) in [4.78, 5) is 18.4. The molecule has 27 heavy (non-hydrogen) atoms. The van der Waals surface area contributed by atoms with Crippen LogP contribution in [0.4, 0.5) is 0 Å². The van der Waals surface area contributed by atoms with E-state index in [0.717, 1.165) is 27.3 Å². The minimum absolute atomic E-state index is 0.0804. The summed E-state index contributed by atoms with van der Waals surface area (Å²) in [5, 5.41) is 0.500. The van der Waals surface area contributed by atoms with E-state index in [4.69, 9.17) is 0 Å². The largest absolute Gasteiger partial charge is 0.287 e. The summed E-state index contributed by atoms with van der Waals surface area (Å²) >= 11 is 1.44. The Morgan fingerprint density at radius 3 is 1.93 bits per heavy atom.